The molecule has 0 bridgehead atoms. The standard InChI is InChI=1S/C37H64N14O14S/c1-66-18-15-24(51-34(64)23(11-14-29(58)59)50-32(62)21(10-13-28(56)57)46-26(53)7-2-8-27(54)55)35(65)49-22(9-12-25(38)52)33(63)48-20(6-4-17-45-37(42)43)31(61)47-19(30(39)60)5-3-16-44-36(40)41/h19-24H,2-18H2,1H3,(H2,38,52)(H2,39,60)(H,46,53)(H,47,61)(H,48,63)(H,49,65)(H,50,62)(H,51,64)(H,54,55)(H,56,57)(H,58,59)(H4,40,41,44)(H4,42,43,45)/t19-,20-,21-,22-,23-,24-/m0/s1. The molecule has 21 N–H and O–H groups in total. The van der Waals surface area contributed by atoms with Gasteiger partial charge in [0.15, 0.2) is 11.9 Å². The second kappa shape index (κ2) is 32.7. The maximum absolute atomic E-state index is 13.9. The predicted octanol–water partition coefficient (Wildman–Crippen LogP) is -5.51. The van der Waals surface area contributed by atoms with E-state index in [1.54, 1.807) is 6.26 Å². The highest BCUT2D eigenvalue weighted by Crippen LogP contribution is 2.10. The molecule has 0 aromatic heterocycles. The van der Waals surface area contributed by atoms with Crippen LogP contribution in [-0.2, 0) is 52.7 Å². The molecule has 372 valence electrons. The van der Waals surface area contributed by atoms with Gasteiger partial charge in [-0.3, -0.25) is 62.7 Å². The molecule has 29 heteroatoms. The van der Waals surface area contributed by atoms with Crippen LogP contribution in [0.1, 0.15) is 89.9 Å². The van der Waals surface area contributed by atoms with Crippen molar-refractivity contribution in [2.24, 2.45) is 44.4 Å². The second-order valence-corrected chi connectivity index (χ2v) is 15.6. The molecule has 6 atom stereocenters. The minimum atomic E-state index is -1.68. The predicted molar refractivity (Wildman–Crippen MR) is 237 cm³/mol. The van der Waals surface area contributed by atoms with Crippen molar-refractivity contribution in [3.63, 3.8) is 0 Å². The Morgan fingerprint density at radius 2 is 0.788 bits per heavy atom. The van der Waals surface area contributed by atoms with Crippen LogP contribution < -0.4 is 66.3 Å². The number of guanidine groups is 2. The van der Waals surface area contributed by atoms with Gasteiger partial charge < -0.3 is 81.6 Å². The monoisotopic (exact) mass is 960 g/mol. The Balaban J connectivity index is 6.59. The zero-order valence-corrected chi connectivity index (χ0v) is 37.4. The van der Waals surface area contributed by atoms with Crippen LogP contribution in [0, 0.1) is 0 Å². The maximum atomic E-state index is 13.9. The van der Waals surface area contributed by atoms with Crippen LogP contribution in [0.25, 0.3) is 0 Å². The van der Waals surface area contributed by atoms with Crippen molar-refractivity contribution in [3.05, 3.63) is 0 Å². The van der Waals surface area contributed by atoms with Gasteiger partial charge in [-0.25, -0.2) is 0 Å². The molecule has 28 nitrogen and oxygen atoms in total. The number of hydrogen-bond donors (Lipinski definition) is 15. The number of carbonyl (C=O) groups is 11. The largest absolute Gasteiger partial charge is 0.481 e. The summed E-state index contributed by atoms with van der Waals surface area (Å²) < 4.78 is 0. The van der Waals surface area contributed by atoms with E-state index in [-0.39, 0.29) is 82.1 Å². The van der Waals surface area contributed by atoms with Gasteiger partial charge in [0.05, 0.1) is 0 Å². The van der Waals surface area contributed by atoms with Gasteiger partial charge in [-0.05, 0) is 69.8 Å². The van der Waals surface area contributed by atoms with Gasteiger partial charge in [-0.15, -0.1) is 0 Å². The molecule has 0 radical (unpaired) electrons. The summed E-state index contributed by atoms with van der Waals surface area (Å²) in [5.41, 5.74) is 32.3. The lowest BCUT2D eigenvalue weighted by molar-refractivity contribution is -0.140. The summed E-state index contributed by atoms with van der Waals surface area (Å²) in [5, 5.41) is 41.9. The molecule has 0 aromatic rings. The third-order valence-electron chi connectivity index (χ3n) is 9.11. The number of amides is 8. The summed E-state index contributed by atoms with van der Waals surface area (Å²) in [4.78, 5) is 146. The fraction of sp³-hybridized carbons (Fsp3) is 0.649. The first kappa shape index (κ1) is 59.1. The average Bonchev–Trinajstić information content (AvgIpc) is 3.22. The Labute approximate surface area is 383 Å². The molecule has 0 saturated heterocycles. The summed E-state index contributed by atoms with van der Waals surface area (Å²) in [5.74, 6) is -11.8. The number of hydrogen-bond acceptors (Lipinski definition) is 14. The average molecular weight is 961 g/mol. The van der Waals surface area contributed by atoms with E-state index in [0.29, 0.717) is 0 Å². The van der Waals surface area contributed by atoms with Crippen molar-refractivity contribution < 1.29 is 68.1 Å². The van der Waals surface area contributed by atoms with Gasteiger partial charge in [0.2, 0.25) is 47.3 Å². The number of thioether (sulfide) groups is 1. The van der Waals surface area contributed by atoms with Crippen LogP contribution in [0.5, 0.6) is 0 Å². The lowest BCUT2D eigenvalue weighted by Gasteiger charge is -2.27. The first-order valence-electron chi connectivity index (χ1n) is 20.6. The summed E-state index contributed by atoms with van der Waals surface area (Å²) in [6.07, 6.45) is -2.24. The molecule has 0 fully saturated rings. The van der Waals surface area contributed by atoms with Crippen LogP contribution in [0.2, 0.25) is 0 Å². The Morgan fingerprint density at radius 3 is 1.15 bits per heavy atom. The van der Waals surface area contributed by atoms with Crippen LogP contribution >= 0.6 is 11.8 Å². The Kier molecular flexibility index (Phi) is 29.2. The number of aliphatic carboxylic acids is 3. The SMILES string of the molecule is CSCC[C@H](NC(=O)[C@H](CCC(=O)O)NC(=O)[C@H](CCC(=O)O)NC(=O)CCCC(=O)O)C(=O)N[C@@H](CCC(N)=O)C(=O)N[C@@H](CCCN=C(N)N)C(=O)N[C@@H](CCCN=C(N)N)C(N)=O. The molecule has 0 unspecified atom stereocenters. The molecule has 0 aliphatic carbocycles. The molecule has 0 saturated carbocycles. The third kappa shape index (κ3) is 28.0. The minimum absolute atomic E-state index is 0.00582. The second-order valence-electron chi connectivity index (χ2n) is 14.6. The van der Waals surface area contributed by atoms with Gasteiger partial charge in [-0.2, -0.15) is 11.8 Å². The molecular formula is C37H64N14O14S. The zero-order valence-electron chi connectivity index (χ0n) is 36.6. The zero-order chi connectivity index (χ0) is 50.4. The number of rotatable bonds is 36. The number of aliphatic imine (C=N–C) groups is 2. The molecule has 0 aromatic carbocycles. The first-order valence-corrected chi connectivity index (χ1v) is 22.0. The maximum Gasteiger partial charge on any atom is 0.303 e. The summed E-state index contributed by atoms with van der Waals surface area (Å²) in [7, 11) is 0. The number of nitrogens with one attached hydrogen (secondary N) is 6. The van der Waals surface area contributed by atoms with E-state index in [2.05, 4.69) is 41.9 Å². The minimum Gasteiger partial charge on any atom is -0.481 e. The number of carbonyl (C=O) groups excluding carboxylic acids is 8. The molecule has 0 spiro atoms. The van der Waals surface area contributed by atoms with E-state index in [1.807, 2.05) is 0 Å². The summed E-state index contributed by atoms with van der Waals surface area (Å²) >= 11 is 1.25. The van der Waals surface area contributed by atoms with E-state index in [0.717, 1.165) is 0 Å². The molecule has 66 heavy (non-hydrogen) atoms. The Bertz CT molecular complexity index is 1760. The number of carboxylic acids is 3. The lowest BCUT2D eigenvalue weighted by Crippen LogP contribution is -2.59. The van der Waals surface area contributed by atoms with Crippen molar-refractivity contribution in [2.45, 2.75) is 126 Å². The van der Waals surface area contributed by atoms with Gasteiger partial charge >= 0.3 is 17.9 Å². The summed E-state index contributed by atoms with van der Waals surface area (Å²) in [6, 6.07) is -8.95. The number of nitrogens with zero attached hydrogens (tertiary/aromatic N) is 2. The third-order valence-corrected chi connectivity index (χ3v) is 9.76. The number of primary amides is 2. The first-order chi connectivity index (χ1) is 31.0. The Hall–Kier alpha value is -6.94. The summed E-state index contributed by atoms with van der Waals surface area (Å²) in [6.45, 7) is 0.115. The van der Waals surface area contributed by atoms with E-state index in [4.69, 9.17) is 39.5 Å². The smallest absolute Gasteiger partial charge is 0.303 e. The highest BCUT2D eigenvalue weighted by molar-refractivity contribution is 7.98. The molecule has 0 heterocycles. The molecular weight excluding hydrogens is 897 g/mol. The van der Waals surface area contributed by atoms with E-state index in [1.165, 1.54) is 11.8 Å². The van der Waals surface area contributed by atoms with Crippen LogP contribution in [0.4, 0.5) is 0 Å². The molecule has 0 aliphatic rings. The van der Waals surface area contributed by atoms with Crippen molar-refractivity contribution in [1.29, 1.82) is 0 Å². The van der Waals surface area contributed by atoms with Gasteiger partial charge in [0, 0.05) is 45.2 Å². The quantitative estimate of drug-likeness (QED) is 0.0158. The van der Waals surface area contributed by atoms with Crippen molar-refractivity contribution in [3.8, 4) is 0 Å². The van der Waals surface area contributed by atoms with Gasteiger partial charge in [0.1, 0.15) is 36.3 Å². The van der Waals surface area contributed by atoms with Crippen LogP contribution in [0.3, 0.4) is 0 Å². The Morgan fingerprint density at radius 1 is 0.439 bits per heavy atom. The van der Waals surface area contributed by atoms with Crippen molar-refractivity contribution in [1.82, 2.24) is 31.9 Å². The van der Waals surface area contributed by atoms with Gasteiger partial charge in [-0.1, -0.05) is 0 Å². The van der Waals surface area contributed by atoms with Crippen molar-refractivity contribution in [2.75, 3.05) is 25.1 Å². The van der Waals surface area contributed by atoms with E-state index >= 15 is 0 Å². The topological polar surface area (TPSA) is 501 Å². The lowest BCUT2D eigenvalue weighted by atomic mass is 10.0. The van der Waals surface area contributed by atoms with Gasteiger partial charge in [0.25, 0.3) is 0 Å². The normalized spacial score (nSPS) is 13.3. The number of nitrogens with two attached hydrogens (primary N) is 6. The van der Waals surface area contributed by atoms with Crippen LogP contribution in [0.15, 0.2) is 9.98 Å². The fourth-order valence-electron chi connectivity index (χ4n) is 5.72. The molecule has 0 rings (SSSR count). The van der Waals surface area contributed by atoms with Crippen LogP contribution in [-0.4, -0.2) is 154 Å². The molecule has 8 amide bonds. The van der Waals surface area contributed by atoms with E-state index in [9.17, 15) is 63.0 Å². The highest BCUT2D eigenvalue weighted by Gasteiger charge is 2.33. The molecule has 0 aliphatic heterocycles. The number of carboxylic acid groups (broad SMARTS) is 3. The van der Waals surface area contributed by atoms with Crippen molar-refractivity contribution >= 4 is 88.8 Å². The highest BCUT2D eigenvalue weighted by atomic mass is 32.2. The van der Waals surface area contributed by atoms with E-state index < -0.39 is 140 Å². The fourth-order valence-corrected chi connectivity index (χ4v) is 6.19.